The molecule has 0 aliphatic heterocycles. The minimum absolute atomic E-state index is 0.109. The van der Waals surface area contributed by atoms with E-state index in [0.29, 0.717) is 25.7 Å². The molecule has 21 heavy (non-hydrogen) atoms. The van der Waals surface area contributed by atoms with Gasteiger partial charge in [0.25, 0.3) is 0 Å². The molecule has 0 saturated carbocycles. The molecule has 0 fully saturated rings. The van der Waals surface area contributed by atoms with Crippen LogP contribution >= 0.6 is 15.9 Å². The van der Waals surface area contributed by atoms with Gasteiger partial charge in [0.15, 0.2) is 0 Å². The lowest BCUT2D eigenvalue weighted by molar-refractivity contribution is -0.137. The van der Waals surface area contributed by atoms with Gasteiger partial charge >= 0.3 is 5.97 Å². The Kier molecular flexibility index (Phi) is 12.7. The van der Waals surface area contributed by atoms with E-state index in [2.05, 4.69) is 27.8 Å². The van der Waals surface area contributed by atoms with Crippen LogP contribution < -0.4 is 0 Å². The van der Waals surface area contributed by atoms with Gasteiger partial charge in [-0.3, -0.25) is 4.79 Å². The van der Waals surface area contributed by atoms with Gasteiger partial charge < -0.3 is 15.3 Å². The highest BCUT2D eigenvalue weighted by Gasteiger charge is 2.11. The van der Waals surface area contributed by atoms with E-state index in [9.17, 15) is 15.0 Å². The summed E-state index contributed by atoms with van der Waals surface area (Å²) in [5, 5.41) is 27.8. The highest BCUT2D eigenvalue weighted by molar-refractivity contribution is 9.11. The Morgan fingerprint density at radius 2 is 2.05 bits per heavy atom. The standard InChI is InChI=1S/C16H21BrO4/c17-13-9-5-4-7-11-15(19)14(18)10-6-2-1-3-8-12-16(20)21/h4-6,9-10,13-15,18-19H,3,7-8,11-12H2,(H,20,21). The largest absolute Gasteiger partial charge is 0.481 e. The number of aliphatic carboxylic acids is 1. The molecule has 0 aromatic rings. The van der Waals surface area contributed by atoms with Crippen LogP contribution in [0, 0.1) is 11.8 Å². The maximum Gasteiger partial charge on any atom is 0.303 e. The average Bonchev–Trinajstić information content (AvgIpc) is 2.45. The molecular weight excluding hydrogens is 336 g/mol. The van der Waals surface area contributed by atoms with Crippen LogP contribution in [0.4, 0.5) is 0 Å². The molecule has 5 heteroatoms. The lowest BCUT2D eigenvalue weighted by Crippen LogP contribution is -2.23. The molecule has 0 radical (unpaired) electrons. The molecule has 0 bridgehead atoms. The van der Waals surface area contributed by atoms with Crippen LogP contribution in [0.2, 0.25) is 0 Å². The summed E-state index contributed by atoms with van der Waals surface area (Å²) < 4.78 is 0. The zero-order chi connectivity index (χ0) is 15.9. The number of rotatable bonds is 9. The molecule has 0 amide bonds. The van der Waals surface area contributed by atoms with Crippen LogP contribution in [0.1, 0.15) is 32.1 Å². The van der Waals surface area contributed by atoms with Gasteiger partial charge in [0.05, 0.1) is 12.2 Å². The number of carboxylic acid groups (broad SMARTS) is 1. The number of allylic oxidation sites excluding steroid dienone is 4. The van der Waals surface area contributed by atoms with E-state index >= 15 is 0 Å². The quantitative estimate of drug-likeness (QED) is 0.337. The molecule has 0 saturated heterocycles. The second kappa shape index (κ2) is 13.6. The maximum absolute atomic E-state index is 10.3. The van der Waals surface area contributed by atoms with Crippen molar-refractivity contribution in [3.63, 3.8) is 0 Å². The Bertz CT molecular complexity index is 429. The Hall–Kier alpha value is -1.35. The van der Waals surface area contributed by atoms with E-state index in [1.165, 1.54) is 12.2 Å². The zero-order valence-corrected chi connectivity index (χ0v) is 13.4. The SMILES string of the molecule is O=C(O)CCCC#CC=CC(O)C(O)CCC=CC=CBr. The van der Waals surface area contributed by atoms with E-state index in [1.54, 1.807) is 4.99 Å². The number of carboxylic acids is 1. The first-order chi connectivity index (χ1) is 10.1. The highest BCUT2D eigenvalue weighted by atomic mass is 79.9. The maximum atomic E-state index is 10.3. The fraction of sp³-hybridized carbons (Fsp3) is 0.438. The molecule has 0 heterocycles. The van der Waals surface area contributed by atoms with Gasteiger partial charge in [0.1, 0.15) is 0 Å². The third-order valence-electron chi connectivity index (χ3n) is 2.51. The van der Waals surface area contributed by atoms with Crippen molar-refractivity contribution in [2.24, 2.45) is 0 Å². The van der Waals surface area contributed by atoms with Crippen LogP contribution in [0.3, 0.4) is 0 Å². The highest BCUT2D eigenvalue weighted by Crippen LogP contribution is 2.05. The van der Waals surface area contributed by atoms with Crippen molar-refractivity contribution in [1.82, 2.24) is 0 Å². The number of hydrogen-bond acceptors (Lipinski definition) is 3. The van der Waals surface area contributed by atoms with Crippen LogP contribution in [-0.2, 0) is 4.79 Å². The zero-order valence-electron chi connectivity index (χ0n) is 11.8. The third kappa shape index (κ3) is 13.4. The Morgan fingerprint density at radius 1 is 1.29 bits per heavy atom. The Labute approximate surface area is 134 Å². The van der Waals surface area contributed by atoms with Gasteiger partial charge in [-0.2, -0.15) is 0 Å². The van der Waals surface area contributed by atoms with Crippen molar-refractivity contribution in [3.8, 4) is 11.8 Å². The lowest BCUT2D eigenvalue weighted by atomic mass is 10.1. The van der Waals surface area contributed by atoms with Crippen molar-refractivity contribution >= 4 is 21.9 Å². The smallest absolute Gasteiger partial charge is 0.303 e. The van der Waals surface area contributed by atoms with Crippen molar-refractivity contribution < 1.29 is 20.1 Å². The second-order valence-electron chi connectivity index (χ2n) is 4.31. The Morgan fingerprint density at radius 3 is 2.71 bits per heavy atom. The normalized spacial score (nSPS) is 14.4. The van der Waals surface area contributed by atoms with Crippen LogP contribution in [-0.4, -0.2) is 33.5 Å². The predicted octanol–water partition coefficient (Wildman–Crippen LogP) is 2.77. The molecule has 0 aliphatic carbocycles. The van der Waals surface area contributed by atoms with Gasteiger partial charge in [0.2, 0.25) is 0 Å². The topological polar surface area (TPSA) is 77.8 Å². The molecule has 0 spiro atoms. The molecule has 4 nitrogen and oxygen atoms in total. The Balaban J connectivity index is 3.89. The first-order valence-corrected chi connectivity index (χ1v) is 7.64. The average molecular weight is 357 g/mol. The molecule has 0 aromatic carbocycles. The van der Waals surface area contributed by atoms with Crippen molar-refractivity contribution in [2.45, 2.75) is 44.3 Å². The summed E-state index contributed by atoms with van der Waals surface area (Å²) in [5.74, 6) is 4.66. The molecule has 116 valence electrons. The number of aliphatic hydroxyl groups is 2. The minimum Gasteiger partial charge on any atom is -0.481 e. The van der Waals surface area contributed by atoms with E-state index in [-0.39, 0.29) is 6.42 Å². The molecule has 2 unspecified atom stereocenters. The van der Waals surface area contributed by atoms with Gasteiger partial charge in [-0.05, 0) is 36.4 Å². The molecule has 3 N–H and O–H groups in total. The first kappa shape index (κ1) is 19.7. The van der Waals surface area contributed by atoms with Gasteiger partial charge in [-0.1, -0.05) is 46.0 Å². The van der Waals surface area contributed by atoms with E-state index < -0.39 is 18.2 Å². The van der Waals surface area contributed by atoms with E-state index in [4.69, 9.17) is 5.11 Å². The van der Waals surface area contributed by atoms with Crippen LogP contribution in [0.15, 0.2) is 35.4 Å². The molecule has 0 aliphatic rings. The summed E-state index contributed by atoms with van der Waals surface area (Å²) in [6, 6.07) is 0. The first-order valence-electron chi connectivity index (χ1n) is 6.72. The fourth-order valence-corrected chi connectivity index (χ4v) is 1.56. The van der Waals surface area contributed by atoms with Crippen molar-refractivity contribution in [1.29, 1.82) is 0 Å². The predicted molar refractivity (Wildman–Crippen MR) is 86.9 cm³/mol. The van der Waals surface area contributed by atoms with Crippen molar-refractivity contribution in [2.75, 3.05) is 0 Å². The van der Waals surface area contributed by atoms with Crippen LogP contribution in [0.25, 0.3) is 0 Å². The number of carbonyl (C=O) groups is 1. The molecule has 0 aromatic heterocycles. The van der Waals surface area contributed by atoms with Crippen molar-refractivity contribution in [3.05, 3.63) is 35.4 Å². The fourth-order valence-electron chi connectivity index (χ4n) is 1.39. The van der Waals surface area contributed by atoms with E-state index in [0.717, 1.165) is 0 Å². The third-order valence-corrected chi connectivity index (χ3v) is 2.82. The number of halogens is 1. The summed E-state index contributed by atoms with van der Waals surface area (Å²) in [7, 11) is 0. The molecule has 2 atom stereocenters. The summed E-state index contributed by atoms with van der Waals surface area (Å²) in [6.07, 6.45) is 8.99. The van der Waals surface area contributed by atoms with Gasteiger partial charge in [-0.15, -0.1) is 0 Å². The van der Waals surface area contributed by atoms with E-state index in [1.807, 2.05) is 18.2 Å². The number of unbranched alkanes of at least 4 members (excludes halogenated alkanes) is 1. The van der Waals surface area contributed by atoms with Gasteiger partial charge in [-0.25, -0.2) is 0 Å². The van der Waals surface area contributed by atoms with Crippen LogP contribution in [0.5, 0.6) is 0 Å². The second-order valence-corrected chi connectivity index (χ2v) is 4.84. The molecular formula is C16H21BrO4. The summed E-state index contributed by atoms with van der Waals surface area (Å²) >= 11 is 3.14. The number of hydrogen-bond donors (Lipinski definition) is 3. The molecule has 0 rings (SSSR count). The minimum atomic E-state index is -0.946. The lowest BCUT2D eigenvalue weighted by Gasteiger charge is -2.12. The monoisotopic (exact) mass is 356 g/mol. The van der Waals surface area contributed by atoms with Gasteiger partial charge in [0, 0.05) is 12.8 Å². The number of aliphatic hydroxyl groups excluding tert-OH is 2. The summed E-state index contributed by atoms with van der Waals surface area (Å²) in [6.45, 7) is 0. The summed E-state index contributed by atoms with van der Waals surface area (Å²) in [4.78, 5) is 12.0. The summed E-state index contributed by atoms with van der Waals surface area (Å²) in [5.41, 5.74) is 0.